The molecule has 4 rings (SSSR count). The number of carbonyl (C=O) groups excluding carboxylic acids is 1. The Balaban J connectivity index is 1.54. The lowest BCUT2D eigenvalue weighted by molar-refractivity contribution is -0.129. The monoisotopic (exact) mass is 529 g/mol. The fourth-order valence-electron chi connectivity index (χ4n) is 4.13. The van der Waals surface area contributed by atoms with Crippen LogP contribution in [0.5, 0.6) is 11.5 Å². The van der Waals surface area contributed by atoms with Crippen LogP contribution >= 0.6 is 11.6 Å². The number of amides is 1. The SMILES string of the molecule is COc1ccc(S(=O)(=O)N(CC(=O)N2CCN(c3ccccc3OC)CC2)c2cccc(Cl)c2)cc1. The van der Waals surface area contributed by atoms with Crippen molar-refractivity contribution in [1.82, 2.24) is 4.90 Å². The maximum atomic E-state index is 13.6. The van der Waals surface area contributed by atoms with Crippen molar-refractivity contribution in [3.63, 3.8) is 0 Å². The first kappa shape index (κ1) is 25.7. The van der Waals surface area contributed by atoms with Crippen molar-refractivity contribution in [2.45, 2.75) is 4.90 Å². The van der Waals surface area contributed by atoms with Gasteiger partial charge >= 0.3 is 0 Å². The van der Waals surface area contributed by atoms with Crippen molar-refractivity contribution in [1.29, 1.82) is 0 Å². The van der Waals surface area contributed by atoms with Gasteiger partial charge in [0.05, 0.1) is 30.5 Å². The number of hydrogen-bond acceptors (Lipinski definition) is 6. The Bertz CT molecular complexity index is 1310. The number of hydrogen-bond donors (Lipinski definition) is 0. The summed E-state index contributed by atoms with van der Waals surface area (Å²) in [5.41, 5.74) is 1.29. The van der Waals surface area contributed by atoms with Crippen molar-refractivity contribution in [2.24, 2.45) is 0 Å². The number of piperazine rings is 1. The van der Waals surface area contributed by atoms with E-state index in [0.717, 1.165) is 15.7 Å². The van der Waals surface area contributed by atoms with Crippen LogP contribution in [0.15, 0.2) is 77.7 Å². The highest BCUT2D eigenvalue weighted by Gasteiger charge is 2.31. The molecule has 8 nitrogen and oxygen atoms in total. The van der Waals surface area contributed by atoms with Gasteiger partial charge in [-0.15, -0.1) is 0 Å². The molecule has 1 amide bonds. The molecule has 0 atom stereocenters. The van der Waals surface area contributed by atoms with E-state index in [1.54, 1.807) is 42.3 Å². The van der Waals surface area contributed by atoms with Gasteiger partial charge in [-0.2, -0.15) is 0 Å². The van der Waals surface area contributed by atoms with Crippen LogP contribution in [0.4, 0.5) is 11.4 Å². The van der Waals surface area contributed by atoms with Gasteiger partial charge in [0.15, 0.2) is 0 Å². The molecule has 3 aromatic rings. The fraction of sp³-hybridized carbons (Fsp3) is 0.269. The van der Waals surface area contributed by atoms with E-state index < -0.39 is 10.0 Å². The summed E-state index contributed by atoms with van der Waals surface area (Å²) >= 11 is 6.16. The number of ether oxygens (including phenoxy) is 2. The molecule has 0 N–H and O–H groups in total. The largest absolute Gasteiger partial charge is 0.497 e. The van der Waals surface area contributed by atoms with Gasteiger partial charge in [-0.05, 0) is 54.6 Å². The van der Waals surface area contributed by atoms with Crippen molar-refractivity contribution < 1.29 is 22.7 Å². The number of para-hydroxylation sites is 2. The minimum Gasteiger partial charge on any atom is -0.497 e. The molecule has 0 bridgehead atoms. The minimum absolute atomic E-state index is 0.0528. The average molecular weight is 530 g/mol. The van der Waals surface area contributed by atoms with Crippen molar-refractivity contribution >= 4 is 38.9 Å². The van der Waals surface area contributed by atoms with E-state index in [0.29, 0.717) is 42.6 Å². The quantitative estimate of drug-likeness (QED) is 0.440. The summed E-state index contributed by atoms with van der Waals surface area (Å²) in [5.74, 6) is 1.02. The average Bonchev–Trinajstić information content (AvgIpc) is 2.91. The number of sulfonamides is 1. The van der Waals surface area contributed by atoms with Gasteiger partial charge in [-0.25, -0.2) is 8.42 Å². The molecular formula is C26H28ClN3O5S. The number of anilines is 2. The molecular weight excluding hydrogens is 502 g/mol. The predicted octanol–water partition coefficient (Wildman–Crippen LogP) is 3.90. The molecule has 36 heavy (non-hydrogen) atoms. The zero-order valence-corrected chi connectivity index (χ0v) is 21.7. The zero-order valence-electron chi connectivity index (χ0n) is 20.1. The third kappa shape index (κ3) is 5.52. The second kappa shape index (κ2) is 11.1. The lowest BCUT2D eigenvalue weighted by Gasteiger charge is -2.37. The Kier molecular flexibility index (Phi) is 7.91. The highest BCUT2D eigenvalue weighted by molar-refractivity contribution is 7.92. The third-order valence-electron chi connectivity index (χ3n) is 6.08. The van der Waals surface area contributed by atoms with Gasteiger partial charge in [-0.3, -0.25) is 9.10 Å². The Morgan fingerprint density at radius 3 is 2.25 bits per heavy atom. The molecule has 10 heteroatoms. The predicted molar refractivity (Wildman–Crippen MR) is 141 cm³/mol. The summed E-state index contributed by atoms with van der Waals surface area (Å²) < 4.78 is 39.0. The normalized spacial score (nSPS) is 13.9. The van der Waals surface area contributed by atoms with E-state index >= 15 is 0 Å². The third-order valence-corrected chi connectivity index (χ3v) is 8.10. The maximum absolute atomic E-state index is 13.6. The van der Waals surface area contributed by atoms with Crippen LogP contribution in [0.1, 0.15) is 0 Å². The van der Waals surface area contributed by atoms with Crippen LogP contribution in [0.2, 0.25) is 5.02 Å². The van der Waals surface area contributed by atoms with Crippen molar-refractivity contribution in [2.75, 3.05) is 56.1 Å². The number of benzene rings is 3. The maximum Gasteiger partial charge on any atom is 0.264 e. The van der Waals surface area contributed by atoms with Gasteiger partial charge in [0.1, 0.15) is 18.0 Å². The van der Waals surface area contributed by atoms with E-state index in [1.807, 2.05) is 24.3 Å². The molecule has 0 radical (unpaired) electrons. The molecule has 190 valence electrons. The molecule has 0 spiro atoms. The number of carbonyl (C=O) groups is 1. The first-order chi connectivity index (χ1) is 17.3. The summed E-state index contributed by atoms with van der Waals surface area (Å²) in [5, 5.41) is 0.375. The Morgan fingerprint density at radius 1 is 0.917 bits per heavy atom. The van der Waals surface area contributed by atoms with Crippen molar-refractivity contribution in [3.05, 3.63) is 77.8 Å². The minimum atomic E-state index is -4.05. The van der Waals surface area contributed by atoms with E-state index in [2.05, 4.69) is 4.90 Å². The number of rotatable bonds is 8. The van der Waals surface area contributed by atoms with Crippen LogP contribution in [0.25, 0.3) is 0 Å². The standard InChI is InChI=1S/C26H28ClN3O5S/c1-34-22-10-12-23(13-11-22)36(32,33)30(21-7-5-6-20(27)18-21)19-26(31)29-16-14-28(15-17-29)24-8-3-4-9-25(24)35-2/h3-13,18H,14-17,19H2,1-2H3. The molecule has 0 unspecified atom stereocenters. The highest BCUT2D eigenvalue weighted by Crippen LogP contribution is 2.30. The number of nitrogens with zero attached hydrogens (tertiary/aromatic N) is 3. The summed E-state index contributed by atoms with van der Waals surface area (Å²) in [6, 6.07) is 20.3. The van der Waals surface area contributed by atoms with Gasteiger partial charge in [0.25, 0.3) is 10.0 Å². The topological polar surface area (TPSA) is 79.4 Å². The molecule has 0 saturated carbocycles. The lowest BCUT2D eigenvalue weighted by Crippen LogP contribution is -2.52. The molecule has 0 aromatic heterocycles. The molecule has 1 aliphatic rings. The summed E-state index contributed by atoms with van der Waals surface area (Å²) in [4.78, 5) is 17.2. The Labute approximate surface area is 216 Å². The van der Waals surface area contributed by atoms with Crippen LogP contribution in [0, 0.1) is 0 Å². The van der Waals surface area contributed by atoms with Gasteiger partial charge < -0.3 is 19.3 Å². The summed E-state index contributed by atoms with van der Waals surface area (Å²) in [6.07, 6.45) is 0. The molecule has 1 saturated heterocycles. The van der Waals surface area contributed by atoms with Gasteiger partial charge in [-0.1, -0.05) is 29.8 Å². The zero-order chi connectivity index (χ0) is 25.7. The Morgan fingerprint density at radius 2 is 1.61 bits per heavy atom. The second-order valence-electron chi connectivity index (χ2n) is 8.21. The van der Waals surface area contributed by atoms with Crippen molar-refractivity contribution in [3.8, 4) is 11.5 Å². The smallest absolute Gasteiger partial charge is 0.264 e. The molecule has 1 aliphatic heterocycles. The molecule has 1 heterocycles. The van der Waals surface area contributed by atoms with Crippen LogP contribution < -0.4 is 18.7 Å². The fourth-order valence-corrected chi connectivity index (χ4v) is 5.72. The van der Waals surface area contributed by atoms with E-state index in [1.165, 1.54) is 25.3 Å². The van der Waals surface area contributed by atoms with E-state index in [-0.39, 0.29) is 17.3 Å². The highest BCUT2D eigenvalue weighted by atomic mass is 35.5. The number of methoxy groups -OCH3 is 2. The van der Waals surface area contributed by atoms with Crippen LogP contribution in [-0.2, 0) is 14.8 Å². The van der Waals surface area contributed by atoms with Crippen LogP contribution in [-0.4, -0.2) is 66.2 Å². The second-order valence-corrected chi connectivity index (χ2v) is 10.5. The van der Waals surface area contributed by atoms with E-state index in [4.69, 9.17) is 21.1 Å². The van der Waals surface area contributed by atoms with Gasteiger partial charge in [0, 0.05) is 31.2 Å². The van der Waals surface area contributed by atoms with E-state index in [9.17, 15) is 13.2 Å². The molecule has 1 fully saturated rings. The first-order valence-electron chi connectivity index (χ1n) is 11.4. The number of halogens is 1. The summed E-state index contributed by atoms with van der Waals surface area (Å²) in [7, 11) is -0.908. The molecule has 3 aromatic carbocycles. The van der Waals surface area contributed by atoms with Crippen LogP contribution in [0.3, 0.4) is 0 Å². The van der Waals surface area contributed by atoms with Gasteiger partial charge in [0.2, 0.25) is 5.91 Å². The molecule has 0 aliphatic carbocycles. The first-order valence-corrected chi connectivity index (χ1v) is 13.2. The lowest BCUT2D eigenvalue weighted by atomic mass is 10.2. The summed E-state index contributed by atoms with van der Waals surface area (Å²) in [6.45, 7) is 1.79. The Hall–Kier alpha value is -3.43.